The maximum Gasteiger partial charge on any atom is 0.242 e. The molecular formula is C16H14ClFN2O2S2. The van der Waals surface area contributed by atoms with Gasteiger partial charge in [-0.1, -0.05) is 23.7 Å². The molecule has 0 saturated carbocycles. The summed E-state index contributed by atoms with van der Waals surface area (Å²) in [6, 6.07) is 11.1. The Morgan fingerprint density at radius 1 is 1.21 bits per heavy atom. The van der Waals surface area contributed by atoms with Crippen LogP contribution in [0.2, 0.25) is 5.02 Å². The monoisotopic (exact) mass is 384 g/mol. The van der Waals surface area contributed by atoms with Gasteiger partial charge in [0.2, 0.25) is 10.0 Å². The van der Waals surface area contributed by atoms with E-state index in [9.17, 15) is 12.8 Å². The van der Waals surface area contributed by atoms with Gasteiger partial charge < -0.3 is 0 Å². The van der Waals surface area contributed by atoms with Crippen molar-refractivity contribution >= 4 is 43.2 Å². The molecule has 24 heavy (non-hydrogen) atoms. The lowest BCUT2D eigenvalue weighted by Gasteiger charge is -2.07. The van der Waals surface area contributed by atoms with Gasteiger partial charge in [0.1, 0.15) is 10.7 Å². The van der Waals surface area contributed by atoms with Crippen LogP contribution in [0.25, 0.3) is 10.2 Å². The van der Waals surface area contributed by atoms with Crippen LogP contribution in [0.4, 0.5) is 4.39 Å². The second kappa shape index (κ2) is 7.14. The molecular weight excluding hydrogens is 371 g/mol. The van der Waals surface area contributed by atoms with Gasteiger partial charge in [-0.15, -0.1) is 11.3 Å². The topological polar surface area (TPSA) is 59.1 Å². The van der Waals surface area contributed by atoms with Crippen molar-refractivity contribution in [3.63, 3.8) is 0 Å². The number of rotatable bonds is 6. The summed E-state index contributed by atoms with van der Waals surface area (Å²) in [5.41, 5.74) is 0.955. The summed E-state index contributed by atoms with van der Waals surface area (Å²) in [5.74, 6) is -0.574. The number of para-hydroxylation sites is 1. The lowest BCUT2D eigenvalue weighted by atomic mass is 10.3. The van der Waals surface area contributed by atoms with Crippen molar-refractivity contribution in [1.82, 2.24) is 9.71 Å². The maximum atomic E-state index is 13.0. The molecule has 8 heteroatoms. The number of benzene rings is 2. The zero-order chi connectivity index (χ0) is 17.2. The smallest absolute Gasteiger partial charge is 0.241 e. The fourth-order valence-corrected chi connectivity index (χ4v) is 4.86. The van der Waals surface area contributed by atoms with Gasteiger partial charge in [-0.3, -0.25) is 0 Å². The first kappa shape index (κ1) is 17.3. The molecule has 0 amide bonds. The highest BCUT2D eigenvalue weighted by Crippen LogP contribution is 2.23. The van der Waals surface area contributed by atoms with Crippen LogP contribution in [-0.4, -0.2) is 19.9 Å². The number of hydrogen-bond acceptors (Lipinski definition) is 4. The molecule has 0 atom stereocenters. The first-order valence-electron chi connectivity index (χ1n) is 7.25. The number of nitrogens with zero attached hydrogens (tertiary/aromatic N) is 1. The second-order valence-corrected chi connectivity index (χ2v) is 8.41. The molecule has 0 unspecified atom stereocenters. The summed E-state index contributed by atoms with van der Waals surface area (Å²) >= 11 is 7.40. The van der Waals surface area contributed by atoms with E-state index in [1.54, 1.807) is 11.3 Å². The molecule has 1 aromatic heterocycles. The van der Waals surface area contributed by atoms with Gasteiger partial charge in [-0.25, -0.2) is 22.5 Å². The lowest BCUT2D eigenvalue weighted by molar-refractivity contribution is 0.578. The standard InChI is InChI=1S/C16H14ClFN2O2S2/c17-12-10-11(18)7-8-15(12)24(21,22)19-9-3-6-16-20-13-4-1-2-5-14(13)23-16/h1-2,4-5,7-8,10,19H,3,6,9H2. The Labute approximate surface area is 148 Å². The van der Waals surface area contributed by atoms with Crippen molar-refractivity contribution in [1.29, 1.82) is 0 Å². The van der Waals surface area contributed by atoms with Crippen LogP contribution in [0.15, 0.2) is 47.4 Å². The molecule has 3 aromatic rings. The molecule has 1 N–H and O–H groups in total. The number of nitrogens with one attached hydrogen (secondary N) is 1. The van der Waals surface area contributed by atoms with Crippen molar-refractivity contribution in [3.8, 4) is 0 Å². The van der Waals surface area contributed by atoms with E-state index in [2.05, 4.69) is 9.71 Å². The summed E-state index contributed by atoms with van der Waals surface area (Å²) in [6.45, 7) is 0.256. The zero-order valence-corrected chi connectivity index (χ0v) is 14.9. The van der Waals surface area contributed by atoms with E-state index in [1.807, 2.05) is 24.3 Å². The number of aromatic nitrogens is 1. The summed E-state index contributed by atoms with van der Waals surface area (Å²) in [6.07, 6.45) is 1.29. The summed E-state index contributed by atoms with van der Waals surface area (Å²) < 4.78 is 41.0. The average molecular weight is 385 g/mol. The number of sulfonamides is 1. The van der Waals surface area contributed by atoms with Crippen LogP contribution in [0.5, 0.6) is 0 Å². The van der Waals surface area contributed by atoms with Crippen LogP contribution >= 0.6 is 22.9 Å². The fraction of sp³-hybridized carbons (Fsp3) is 0.188. The lowest BCUT2D eigenvalue weighted by Crippen LogP contribution is -2.25. The van der Waals surface area contributed by atoms with E-state index in [0.717, 1.165) is 33.4 Å². The van der Waals surface area contributed by atoms with Crippen LogP contribution in [0.3, 0.4) is 0 Å². The van der Waals surface area contributed by atoms with Crippen molar-refractivity contribution in [2.24, 2.45) is 0 Å². The number of fused-ring (bicyclic) bond motifs is 1. The minimum Gasteiger partial charge on any atom is -0.241 e. The van der Waals surface area contributed by atoms with E-state index in [0.29, 0.717) is 12.8 Å². The number of aryl methyl sites for hydroxylation is 1. The summed E-state index contributed by atoms with van der Waals surface area (Å²) in [5, 5.41) is 0.837. The third-order valence-electron chi connectivity index (χ3n) is 3.38. The molecule has 3 rings (SSSR count). The number of hydrogen-bond donors (Lipinski definition) is 1. The number of thiazole rings is 1. The highest BCUT2D eigenvalue weighted by atomic mass is 35.5. The Bertz CT molecular complexity index is 940. The van der Waals surface area contributed by atoms with Gasteiger partial charge in [0.05, 0.1) is 20.2 Å². The van der Waals surface area contributed by atoms with Crippen LogP contribution < -0.4 is 4.72 Å². The fourth-order valence-electron chi connectivity index (χ4n) is 2.24. The highest BCUT2D eigenvalue weighted by molar-refractivity contribution is 7.89. The first-order chi connectivity index (χ1) is 11.5. The Balaban J connectivity index is 1.59. The third kappa shape index (κ3) is 3.92. The molecule has 0 spiro atoms. The Morgan fingerprint density at radius 2 is 2.00 bits per heavy atom. The van der Waals surface area contributed by atoms with Gasteiger partial charge in [0.25, 0.3) is 0 Å². The van der Waals surface area contributed by atoms with Gasteiger partial charge in [0, 0.05) is 13.0 Å². The minimum atomic E-state index is -3.75. The van der Waals surface area contributed by atoms with Crippen LogP contribution in [0, 0.1) is 5.82 Å². The number of halogens is 2. The van der Waals surface area contributed by atoms with E-state index < -0.39 is 15.8 Å². The average Bonchev–Trinajstić information content (AvgIpc) is 2.94. The maximum absolute atomic E-state index is 13.0. The van der Waals surface area contributed by atoms with Crippen molar-refractivity contribution in [2.45, 2.75) is 17.7 Å². The minimum absolute atomic E-state index is 0.120. The molecule has 2 aromatic carbocycles. The summed E-state index contributed by atoms with van der Waals surface area (Å²) in [4.78, 5) is 4.39. The molecule has 0 saturated heterocycles. The molecule has 0 fully saturated rings. The largest absolute Gasteiger partial charge is 0.242 e. The predicted molar refractivity (Wildman–Crippen MR) is 94.5 cm³/mol. The van der Waals surface area contributed by atoms with E-state index in [4.69, 9.17) is 11.6 Å². The SMILES string of the molecule is O=S(=O)(NCCCc1nc2ccccc2s1)c1ccc(F)cc1Cl. The van der Waals surface area contributed by atoms with Gasteiger partial charge in [-0.2, -0.15) is 0 Å². The molecule has 0 aliphatic rings. The Morgan fingerprint density at radius 3 is 2.75 bits per heavy atom. The van der Waals surface area contributed by atoms with Crippen molar-refractivity contribution in [3.05, 3.63) is 58.3 Å². The van der Waals surface area contributed by atoms with Gasteiger partial charge in [0.15, 0.2) is 0 Å². The van der Waals surface area contributed by atoms with Crippen LogP contribution in [-0.2, 0) is 16.4 Å². The van der Waals surface area contributed by atoms with E-state index in [1.165, 1.54) is 0 Å². The highest BCUT2D eigenvalue weighted by Gasteiger charge is 2.17. The van der Waals surface area contributed by atoms with Crippen molar-refractivity contribution in [2.75, 3.05) is 6.54 Å². The second-order valence-electron chi connectivity index (χ2n) is 5.15. The molecule has 0 aliphatic carbocycles. The zero-order valence-electron chi connectivity index (χ0n) is 12.5. The van der Waals surface area contributed by atoms with Gasteiger partial charge in [-0.05, 0) is 36.8 Å². The van der Waals surface area contributed by atoms with Gasteiger partial charge >= 0.3 is 0 Å². The molecule has 4 nitrogen and oxygen atoms in total. The van der Waals surface area contributed by atoms with Crippen molar-refractivity contribution < 1.29 is 12.8 Å². The normalized spacial score (nSPS) is 11.9. The molecule has 126 valence electrons. The molecule has 0 bridgehead atoms. The molecule has 0 radical (unpaired) electrons. The first-order valence-corrected chi connectivity index (χ1v) is 9.93. The quantitative estimate of drug-likeness (QED) is 0.653. The Kier molecular flexibility index (Phi) is 5.15. The molecule has 1 heterocycles. The van der Waals surface area contributed by atoms with Crippen LogP contribution in [0.1, 0.15) is 11.4 Å². The third-order valence-corrected chi connectivity index (χ3v) is 6.42. The summed E-state index contributed by atoms with van der Waals surface area (Å²) in [7, 11) is -3.75. The Hall–Kier alpha value is -1.54. The predicted octanol–water partition coefficient (Wildman–Crippen LogP) is 4.00. The van der Waals surface area contributed by atoms with E-state index >= 15 is 0 Å². The van der Waals surface area contributed by atoms with E-state index in [-0.39, 0.29) is 16.5 Å². The molecule has 0 aliphatic heterocycles.